The summed E-state index contributed by atoms with van der Waals surface area (Å²) in [5.74, 6) is 0.348. The zero-order valence-corrected chi connectivity index (χ0v) is 12.2. The Labute approximate surface area is 114 Å². The van der Waals surface area contributed by atoms with Crippen LogP contribution in [0, 0.1) is 12.8 Å². The Morgan fingerprint density at radius 3 is 2.89 bits per heavy atom. The van der Waals surface area contributed by atoms with E-state index in [0.717, 1.165) is 16.3 Å². The second kappa shape index (κ2) is 5.58. The average Bonchev–Trinajstić information content (AvgIpc) is 2.87. The van der Waals surface area contributed by atoms with Crippen LogP contribution in [0.4, 0.5) is 5.13 Å². The van der Waals surface area contributed by atoms with Crippen LogP contribution >= 0.6 is 22.7 Å². The largest absolute Gasteiger partial charge is 0.296 e. The molecule has 2 aromatic heterocycles. The number of aryl methyl sites for hydroxylation is 1. The number of thiazole rings is 2. The third kappa shape index (κ3) is 3.14. The molecule has 0 radical (unpaired) electrons. The molecule has 0 bridgehead atoms. The van der Waals surface area contributed by atoms with Crippen molar-refractivity contribution in [2.75, 3.05) is 5.32 Å². The van der Waals surface area contributed by atoms with Gasteiger partial charge < -0.3 is 0 Å². The van der Waals surface area contributed by atoms with Crippen LogP contribution in [-0.4, -0.2) is 15.9 Å². The first-order valence-corrected chi connectivity index (χ1v) is 7.43. The van der Waals surface area contributed by atoms with Crippen molar-refractivity contribution in [2.45, 2.75) is 27.2 Å². The van der Waals surface area contributed by atoms with Crippen LogP contribution in [0.15, 0.2) is 11.6 Å². The summed E-state index contributed by atoms with van der Waals surface area (Å²) in [6.45, 7) is 6.20. The maximum Gasteiger partial charge on any atom is 0.277 e. The molecule has 6 heteroatoms. The van der Waals surface area contributed by atoms with E-state index >= 15 is 0 Å². The van der Waals surface area contributed by atoms with Gasteiger partial charge in [-0.1, -0.05) is 13.8 Å². The number of amides is 1. The second-order valence-electron chi connectivity index (χ2n) is 4.39. The van der Waals surface area contributed by atoms with Gasteiger partial charge in [-0.3, -0.25) is 10.1 Å². The molecule has 18 heavy (non-hydrogen) atoms. The minimum absolute atomic E-state index is 0.162. The fourth-order valence-electron chi connectivity index (χ4n) is 1.60. The first kappa shape index (κ1) is 13.2. The molecular weight excluding hydrogens is 266 g/mol. The minimum atomic E-state index is -0.162. The number of hydrogen-bond acceptors (Lipinski definition) is 5. The zero-order valence-electron chi connectivity index (χ0n) is 10.6. The lowest BCUT2D eigenvalue weighted by atomic mass is 10.1. The fourth-order valence-corrected chi connectivity index (χ4v) is 3.27. The van der Waals surface area contributed by atoms with E-state index in [2.05, 4.69) is 29.1 Å². The fraction of sp³-hybridized carbons (Fsp3) is 0.417. The van der Waals surface area contributed by atoms with Gasteiger partial charge in [0.25, 0.3) is 5.91 Å². The zero-order chi connectivity index (χ0) is 13.1. The minimum Gasteiger partial charge on any atom is -0.296 e. The predicted molar refractivity (Wildman–Crippen MR) is 75.5 cm³/mol. The number of carbonyl (C=O) groups is 1. The summed E-state index contributed by atoms with van der Waals surface area (Å²) in [7, 11) is 0. The molecular formula is C12H15N3OS2. The van der Waals surface area contributed by atoms with Crippen molar-refractivity contribution in [3.8, 4) is 0 Å². The molecule has 0 unspecified atom stereocenters. The van der Waals surface area contributed by atoms with Crippen molar-refractivity contribution in [1.82, 2.24) is 9.97 Å². The lowest BCUT2D eigenvalue weighted by Crippen LogP contribution is -2.14. The predicted octanol–water partition coefficient (Wildman–Crippen LogP) is 3.36. The van der Waals surface area contributed by atoms with Crippen molar-refractivity contribution in [2.24, 2.45) is 5.92 Å². The van der Waals surface area contributed by atoms with Crippen LogP contribution < -0.4 is 5.32 Å². The molecule has 1 N–H and O–H groups in total. The van der Waals surface area contributed by atoms with Crippen LogP contribution in [0.1, 0.15) is 34.2 Å². The Morgan fingerprint density at radius 2 is 2.28 bits per heavy atom. The topological polar surface area (TPSA) is 54.9 Å². The smallest absolute Gasteiger partial charge is 0.277 e. The summed E-state index contributed by atoms with van der Waals surface area (Å²) in [4.78, 5) is 21.5. The van der Waals surface area contributed by atoms with E-state index in [4.69, 9.17) is 0 Å². The third-order valence-corrected chi connectivity index (χ3v) is 3.95. The van der Waals surface area contributed by atoms with Gasteiger partial charge in [0.15, 0.2) is 5.13 Å². The van der Waals surface area contributed by atoms with E-state index in [-0.39, 0.29) is 5.91 Å². The molecule has 0 saturated heterocycles. The Bertz CT molecular complexity index is 532. The molecule has 2 heterocycles. The SMILES string of the molecule is Cc1nc(C(=O)Nc2nccs2)c(CC(C)C)s1. The van der Waals surface area contributed by atoms with Crippen LogP contribution in [0.2, 0.25) is 0 Å². The molecule has 1 amide bonds. The number of nitrogens with one attached hydrogen (secondary N) is 1. The van der Waals surface area contributed by atoms with Gasteiger partial charge >= 0.3 is 0 Å². The number of hydrogen-bond donors (Lipinski definition) is 1. The number of anilines is 1. The summed E-state index contributed by atoms with van der Waals surface area (Å²) < 4.78 is 0. The second-order valence-corrected chi connectivity index (χ2v) is 6.58. The summed E-state index contributed by atoms with van der Waals surface area (Å²) in [6, 6.07) is 0. The molecule has 0 aliphatic carbocycles. The summed E-state index contributed by atoms with van der Waals surface area (Å²) >= 11 is 3.00. The van der Waals surface area contributed by atoms with E-state index in [1.54, 1.807) is 17.5 Å². The lowest BCUT2D eigenvalue weighted by Gasteiger charge is -2.04. The van der Waals surface area contributed by atoms with Crippen LogP contribution in [0.3, 0.4) is 0 Å². The van der Waals surface area contributed by atoms with Gasteiger partial charge in [0.1, 0.15) is 5.69 Å². The maximum atomic E-state index is 12.1. The average molecular weight is 281 g/mol. The first-order chi connectivity index (χ1) is 8.56. The van der Waals surface area contributed by atoms with Crippen molar-refractivity contribution in [3.05, 3.63) is 27.2 Å². The highest BCUT2D eigenvalue weighted by molar-refractivity contribution is 7.14. The molecule has 0 spiro atoms. The maximum absolute atomic E-state index is 12.1. The standard InChI is InChI=1S/C12H15N3OS2/c1-7(2)6-9-10(14-8(3)18-9)11(16)15-12-13-4-5-17-12/h4-5,7H,6H2,1-3H3,(H,13,15,16). The monoisotopic (exact) mass is 281 g/mol. The highest BCUT2D eigenvalue weighted by atomic mass is 32.1. The number of rotatable bonds is 4. The van der Waals surface area contributed by atoms with Crippen molar-refractivity contribution >= 4 is 33.7 Å². The van der Waals surface area contributed by atoms with E-state index in [1.165, 1.54) is 11.3 Å². The van der Waals surface area contributed by atoms with E-state index < -0.39 is 0 Å². The lowest BCUT2D eigenvalue weighted by molar-refractivity contribution is 0.102. The van der Waals surface area contributed by atoms with Gasteiger partial charge in [-0.05, 0) is 19.3 Å². The Morgan fingerprint density at radius 1 is 1.50 bits per heavy atom. The van der Waals surface area contributed by atoms with Gasteiger partial charge in [0.05, 0.1) is 5.01 Å². The molecule has 0 aliphatic rings. The molecule has 4 nitrogen and oxygen atoms in total. The summed E-state index contributed by atoms with van der Waals surface area (Å²) in [5, 5.41) is 6.15. The van der Waals surface area contributed by atoms with E-state index in [1.807, 2.05) is 12.3 Å². The summed E-state index contributed by atoms with van der Waals surface area (Å²) in [6.07, 6.45) is 2.55. The molecule has 0 atom stereocenters. The van der Waals surface area contributed by atoms with Crippen molar-refractivity contribution < 1.29 is 4.79 Å². The molecule has 2 aromatic rings. The summed E-state index contributed by atoms with van der Waals surface area (Å²) in [5.41, 5.74) is 0.543. The van der Waals surface area contributed by atoms with Gasteiger partial charge in [-0.15, -0.1) is 22.7 Å². The number of nitrogens with zero attached hydrogens (tertiary/aromatic N) is 2. The van der Waals surface area contributed by atoms with E-state index in [0.29, 0.717) is 16.7 Å². The molecule has 0 aliphatic heterocycles. The van der Waals surface area contributed by atoms with Crippen molar-refractivity contribution in [3.63, 3.8) is 0 Å². The normalized spacial score (nSPS) is 10.9. The Balaban J connectivity index is 2.18. The molecule has 0 aromatic carbocycles. The Hall–Kier alpha value is -1.27. The quantitative estimate of drug-likeness (QED) is 0.935. The molecule has 0 fully saturated rings. The van der Waals surface area contributed by atoms with Crippen molar-refractivity contribution in [1.29, 1.82) is 0 Å². The van der Waals surface area contributed by atoms with Gasteiger partial charge in [-0.25, -0.2) is 9.97 Å². The Kier molecular flexibility index (Phi) is 4.08. The molecule has 96 valence electrons. The van der Waals surface area contributed by atoms with Gasteiger partial charge in [0.2, 0.25) is 0 Å². The molecule has 0 saturated carbocycles. The van der Waals surface area contributed by atoms with Gasteiger partial charge in [0, 0.05) is 16.5 Å². The highest BCUT2D eigenvalue weighted by Gasteiger charge is 2.18. The van der Waals surface area contributed by atoms with Crippen LogP contribution in [0.25, 0.3) is 0 Å². The van der Waals surface area contributed by atoms with Gasteiger partial charge in [-0.2, -0.15) is 0 Å². The third-order valence-electron chi connectivity index (χ3n) is 2.27. The first-order valence-electron chi connectivity index (χ1n) is 5.73. The van der Waals surface area contributed by atoms with E-state index in [9.17, 15) is 4.79 Å². The van der Waals surface area contributed by atoms with Crippen LogP contribution in [-0.2, 0) is 6.42 Å². The molecule has 2 rings (SSSR count). The number of carbonyl (C=O) groups excluding carboxylic acids is 1. The van der Waals surface area contributed by atoms with Crippen LogP contribution in [0.5, 0.6) is 0 Å². The number of aromatic nitrogens is 2. The highest BCUT2D eigenvalue weighted by Crippen LogP contribution is 2.23.